The number of piperazine rings is 1. The Kier molecular flexibility index (Phi) is 8.29. The first kappa shape index (κ1) is 20.3. The van der Waals surface area contributed by atoms with Crippen LogP contribution in [0.3, 0.4) is 0 Å². The van der Waals surface area contributed by atoms with Crippen LogP contribution in [0.15, 0.2) is 29.3 Å². The molecule has 1 heterocycles. The first-order valence-corrected chi connectivity index (χ1v) is 9.34. The summed E-state index contributed by atoms with van der Waals surface area (Å²) >= 11 is 0. The van der Waals surface area contributed by atoms with Gasteiger partial charge >= 0.3 is 0 Å². The zero-order valence-corrected chi connectivity index (χ0v) is 17.6. The SMILES string of the molecule is CCCNC(N)=NCc1ccc(N2CCN(CC3CC3)CC2)cc1.I. The second-order valence-electron chi connectivity index (χ2n) is 7.03. The Labute approximate surface area is 169 Å². The number of nitrogens with zero attached hydrogens (tertiary/aromatic N) is 3. The van der Waals surface area contributed by atoms with Crippen molar-refractivity contribution in [2.24, 2.45) is 16.6 Å². The summed E-state index contributed by atoms with van der Waals surface area (Å²) in [5.41, 5.74) is 8.36. The van der Waals surface area contributed by atoms with Crippen molar-refractivity contribution in [2.75, 3.05) is 44.2 Å². The zero-order valence-electron chi connectivity index (χ0n) is 15.3. The molecule has 25 heavy (non-hydrogen) atoms. The predicted octanol–water partition coefficient (Wildman–Crippen LogP) is 2.65. The van der Waals surface area contributed by atoms with Crippen molar-refractivity contribution < 1.29 is 0 Å². The van der Waals surface area contributed by atoms with Gasteiger partial charge in [-0.1, -0.05) is 19.1 Å². The third kappa shape index (κ3) is 6.66. The van der Waals surface area contributed by atoms with Crippen LogP contribution >= 0.6 is 24.0 Å². The lowest BCUT2D eigenvalue weighted by atomic mass is 10.1. The van der Waals surface area contributed by atoms with Crippen LogP contribution in [0, 0.1) is 5.92 Å². The Hall–Kier alpha value is -1.02. The van der Waals surface area contributed by atoms with E-state index in [0.29, 0.717) is 12.5 Å². The fourth-order valence-corrected chi connectivity index (χ4v) is 3.15. The lowest BCUT2D eigenvalue weighted by Gasteiger charge is -2.36. The summed E-state index contributed by atoms with van der Waals surface area (Å²) in [6.45, 7) is 9.61. The smallest absolute Gasteiger partial charge is 0.188 e. The number of guanidine groups is 1. The minimum Gasteiger partial charge on any atom is -0.370 e. The van der Waals surface area contributed by atoms with Crippen LogP contribution in [0.25, 0.3) is 0 Å². The molecule has 3 rings (SSSR count). The van der Waals surface area contributed by atoms with Crippen molar-refractivity contribution in [2.45, 2.75) is 32.7 Å². The maximum Gasteiger partial charge on any atom is 0.188 e. The van der Waals surface area contributed by atoms with Crippen LogP contribution in [0.4, 0.5) is 5.69 Å². The second-order valence-corrected chi connectivity index (χ2v) is 7.03. The van der Waals surface area contributed by atoms with Gasteiger partial charge in [0, 0.05) is 45.0 Å². The molecule has 0 radical (unpaired) electrons. The fraction of sp³-hybridized carbons (Fsp3) is 0.632. The number of nitrogens with one attached hydrogen (secondary N) is 1. The summed E-state index contributed by atoms with van der Waals surface area (Å²) in [5.74, 6) is 1.53. The quantitative estimate of drug-likeness (QED) is 0.376. The Balaban J connectivity index is 0.00000225. The molecule has 1 saturated carbocycles. The van der Waals surface area contributed by atoms with E-state index >= 15 is 0 Å². The van der Waals surface area contributed by atoms with Gasteiger partial charge in [-0.15, -0.1) is 24.0 Å². The molecule has 0 bridgehead atoms. The van der Waals surface area contributed by atoms with Crippen molar-refractivity contribution in [1.82, 2.24) is 10.2 Å². The van der Waals surface area contributed by atoms with E-state index in [0.717, 1.165) is 32.0 Å². The molecule has 1 aromatic carbocycles. The highest BCUT2D eigenvalue weighted by molar-refractivity contribution is 14.0. The van der Waals surface area contributed by atoms with Crippen molar-refractivity contribution in [1.29, 1.82) is 0 Å². The van der Waals surface area contributed by atoms with Crippen molar-refractivity contribution in [3.63, 3.8) is 0 Å². The molecule has 1 aliphatic carbocycles. The molecule has 5 nitrogen and oxygen atoms in total. The van der Waals surface area contributed by atoms with Gasteiger partial charge < -0.3 is 16.0 Å². The second kappa shape index (κ2) is 10.2. The van der Waals surface area contributed by atoms with E-state index in [1.165, 1.54) is 43.7 Å². The van der Waals surface area contributed by atoms with Crippen LogP contribution in [0.5, 0.6) is 0 Å². The van der Waals surface area contributed by atoms with Crippen molar-refractivity contribution in [3.8, 4) is 0 Å². The van der Waals surface area contributed by atoms with Gasteiger partial charge in [-0.3, -0.25) is 4.90 Å². The molecule has 1 aliphatic heterocycles. The summed E-state index contributed by atoms with van der Waals surface area (Å²) < 4.78 is 0. The molecular weight excluding hydrogens is 425 g/mol. The minimum absolute atomic E-state index is 0. The third-order valence-electron chi connectivity index (χ3n) is 4.88. The van der Waals surface area contributed by atoms with E-state index in [9.17, 15) is 0 Å². The summed E-state index contributed by atoms with van der Waals surface area (Å²) in [5, 5.41) is 3.10. The molecule has 3 N–H and O–H groups in total. The molecular formula is C19H32IN5. The fourth-order valence-electron chi connectivity index (χ4n) is 3.15. The van der Waals surface area contributed by atoms with Crippen molar-refractivity contribution >= 4 is 35.6 Å². The number of hydrogen-bond donors (Lipinski definition) is 2. The molecule has 1 aromatic rings. The molecule has 2 fully saturated rings. The largest absolute Gasteiger partial charge is 0.370 e. The number of rotatable bonds is 7. The normalized spacial score (nSPS) is 18.8. The highest BCUT2D eigenvalue weighted by Gasteiger charge is 2.26. The van der Waals surface area contributed by atoms with E-state index in [1.54, 1.807) is 0 Å². The number of hydrogen-bond acceptors (Lipinski definition) is 3. The molecule has 0 atom stereocenters. The Morgan fingerprint density at radius 3 is 2.44 bits per heavy atom. The lowest BCUT2D eigenvalue weighted by Crippen LogP contribution is -2.47. The van der Waals surface area contributed by atoms with Crippen LogP contribution in [0.1, 0.15) is 31.7 Å². The highest BCUT2D eigenvalue weighted by atomic mass is 127. The number of anilines is 1. The number of nitrogens with two attached hydrogens (primary N) is 1. The minimum atomic E-state index is 0. The molecule has 0 amide bonds. The first-order valence-electron chi connectivity index (χ1n) is 9.34. The number of benzene rings is 1. The predicted molar refractivity (Wildman–Crippen MR) is 117 cm³/mol. The average Bonchev–Trinajstić information content (AvgIpc) is 3.43. The van der Waals surface area contributed by atoms with Gasteiger partial charge in [0.05, 0.1) is 6.54 Å². The van der Waals surface area contributed by atoms with E-state index in [1.807, 2.05) is 0 Å². The first-order chi connectivity index (χ1) is 11.7. The average molecular weight is 457 g/mol. The maximum absolute atomic E-state index is 5.83. The third-order valence-corrected chi connectivity index (χ3v) is 4.88. The van der Waals surface area contributed by atoms with E-state index < -0.39 is 0 Å². The molecule has 6 heteroatoms. The zero-order chi connectivity index (χ0) is 16.8. The Morgan fingerprint density at radius 1 is 1.16 bits per heavy atom. The number of aliphatic imine (C=N–C) groups is 1. The van der Waals surface area contributed by atoms with Gasteiger partial charge in [0.25, 0.3) is 0 Å². The van der Waals surface area contributed by atoms with E-state index in [-0.39, 0.29) is 24.0 Å². The monoisotopic (exact) mass is 457 g/mol. The van der Waals surface area contributed by atoms with E-state index in [2.05, 4.69) is 51.3 Å². The molecule has 0 unspecified atom stereocenters. The number of halogens is 1. The Morgan fingerprint density at radius 2 is 1.84 bits per heavy atom. The van der Waals surface area contributed by atoms with Gasteiger partial charge in [-0.25, -0.2) is 4.99 Å². The van der Waals surface area contributed by atoms with Crippen LogP contribution in [0.2, 0.25) is 0 Å². The molecule has 2 aliphatic rings. The van der Waals surface area contributed by atoms with Gasteiger partial charge in [0.2, 0.25) is 0 Å². The summed E-state index contributed by atoms with van der Waals surface area (Å²) in [7, 11) is 0. The van der Waals surface area contributed by atoms with Gasteiger partial charge in [0.1, 0.15) is 0 Å². The van der Waals surface area contributed by atoms with Crippen molar-refractivity contribution in [3.05, 3.63) is 29.8 Å². The summed E-state index contributed by atoms with van der Waals surface area (Å²) in [6.07, 6.45) is 3.95. The maximum atomic E-state index is 5.83. The highest BCUT2D eigenvalue weighted by Crippen LogP contribution is 2.30. The van der Waals surface area contributed by atoms with Crippen LogP contribution in [-0.2, 0) is 6.54 Å². The van der Waals surface area contributed by atoms with Gasteiger partial charge in [-0.2, -0.15) is 0 Å². The molecule has 1 saturated heterocycles. The topological polar surface area (TPSA) is 56.9 Å². The summed E-state index contributed by atoms with van der Waals surface area (Å²) in [4.78, 5) is 9.50. The summed E-state index contributed by atoms with van der Waals surface area (Å²) in [6, 6.07) is 8.78. The standard InChI is InChI=1S/C19H31N5.HI/c1-2-9-21-19(20)22-14-16-5-7-18(8-6-16)24-12-10-23(11-13-24)15-17-3-4-17;/h5-8,17H,2-4,9-15H2,1H3,(H3,20,21,22);1H. The Bertz CT molecular complexity index is 533. The van der Waals surface area contributed by atoms with Gasteiger partial charge in [0.15, 0.2) is 5.96 Å². The van der Waals surface area contributed by atoms with Crippen LogP contribution < -0.4 is 16.0 Å². The lowest BCUT2D eigenvalue weighted by molar-refractivity contribution is 0.248. The molecule has 0 aromatic heterocycles. The molecule has 140 valence electrons. The van der Waals surface area contributed by atoms with Gasteiger partial charge in [-0.05, 0) is 42.9 Å². The van der Waals surface area contributed by atoms with Crippen LogP contribution in [-0.4, -0.2) is 50.1 Å². The van der Waals surface area contributed by atoms with E-state index in [4.69, 9.17) is 5.73 Å². The molecule has 0 spiro atoms.